The summed E-state index contributed by atoms with van der Waals surface area (Å²) in [5, 5.41) is 8.60. The monoisotopic (exact) mass is 281 g/mol. The van der Waals surface area contributed by atoms with Crippen LogP contribution in [0, 0.1) is 5.41 Å². The molecular weight excluding hydrogens is 258 g/mol. The maximum atomic E-state index is 11.7. The third kappa shape index (κ3) is 9.38. The smallest absolute Gasteiger partial charge is 0.306 e. The zero-order valence-electron chi connectivity index (χ0n) is 11.4. The fourth-order valence-corrected chi connectivity index (χ4v) is 2.63. The summed E-state index contributed by atoms with van der Waals surface area (Å²) in [7, 11) is -2.02. The Kier molecular flexibility index (Phi) is 6.80. The van der Waals surface area contributed by atoms with Crippen LogP contribution in [0.15, 0.2) is 0 Å². The average Bonchev–Trinajstić information content (AvgIpc) is 2.20. The van der Waals surface area contributed by atoms with Crippen LogP contribution in [-0.2, 0) is 19.6 Å². The normalized spacial score (nSPS) is 14.4. The number of ether oxygens (including phenoxy) is 1. The van der Waals surface area contributed by atoms with Gasteiger partial charge >= 0.3 is 5.97 Å². The van der Waals surface area contributed by atoms with Crippen molar-refractivity contribution in [3.8, 4) is 0 Å². The average molecular weight is 281 g/mol. The molecule has 108 valence electrons. The third-order valence-corrected chi connectivity index (χ3v) is 3.74. The molecule has 0 saturated heterocycles. The van der Waals surface area contributed by atoms with Gasteiger partial charge in [0, 0.05) is 13.7 Å². The van der Waals surface area contributed by atoms with Gasteiger partial charge in [0.15, 0.2) is 0 Å². The largest absolute Gasteiger partial charge is 0.481 e. The molecule has 0 heterocycles. The van der Waals surface area contributed by atoms with E-state index in [0.29, 0.717) is 6.42 Å². The number of aliphatic carboxylic acids is 1. The minimum Gasteiger partial charge on any atom is -0.481 e. The molecule has 0 amide bonds. The Bertz CT molecular complexity index is 358. The van der Waals surface area contributed by atoms with Gasteiger partial charge in [0.1, 0.15) is 0 Å². The molecule has 0 radical (unpaired) electrons. The third-order valence-electron chi connectivity index (χ3n) is 2.39. The molecule has 0 aromatic heterocycles. The second kappa shape index (κ2) is 7.06. The molecule has 0 spiro atoms. The summed E-state index contributed by atoms with van der Waals surface area (Å²) in [5.41, 5.74) is -0.0591. The molecule has 0 aliphatic rings. The van der Waals surface area contributed by atoms with Crippen molar-refractivity contribution in [2.45, 2.75) is 39.7 Å². The summed E-state index contributed by atoms with van der Waals surface area (Å²) in [6.45, 7) is 5.87. The maximum absolute atomic E-state index is 11.7. The molecule has 0 bridgehead atoms. The molecule has 6 nitrogen and oxygen atoms in total. The molecule has 1 unspecified atom stereocenters. The van der Waals surface area contributed by atoms with Crippen LogP contribution in [0.1, 0.15) is 33.6 Å². The molecule has 7 heteroatoms. The second-order valence-corrected chi connectivity index (χ2v) is 7.36. The van der Waals surface area contributed by atoms with Crippen molar-refractivity contribution >= 4 is 16.0 Å². The number of methoxy groups -OCH3 is 1. The fraction of sp³-hybridized carbons (Fsp3) is 0.909. The summed E-state index contributed by atoms with van der Waals surface area (Å²) >= 11 is 0. The molecule has 0 aliphatic heterocycles. The zero-order valence-corrected chi connectivity index (χ0v) is 12.2. The van der Waals surface area contributed by atoms with Crippen LogP contribution in [0.3, 0.4) is 0 Å². The van der Waals surface area contributed by atoms with Gasteiger partial charge in [-0.3, -0.25) is 4.79 Å². The van der Waals surface area contributed by atoms with Crippen molar-refractivity contribution in [2.24, 2.45) is 5.41 Å². The van der Waals surface area contributed by atoms with E-state index in [9.17, 15) is 13.2 Å². The number of hydrogen-bond acceptors (Lipinski definition) is 4. The molecule has 0 fully saturated rings. The number of nitrogens with one attached hydrogen (secondary N) is 1. The molecule has 0 saturated carbocycles. The number of rotatable bonds is 8. The molecular formula is C11H23NO5S. The van der Waals surface area contributed by atoms with E-state index >= 15 is 0 Å². The maximum Gasteiger partial charge on any atom is 0.306 e. The molecule has 2 N–H and O–H groups in total. The number of sulfonamides is 1. The van der Waals surface area contributed by atoms with E-state index in [1.54, 1.807) is 0 Å². The fourth-order valence-electron chi connectivity index (χ4n) is 1.17. The summed E-state index contributed by atoms with van der Waals surface area (Å²) in [6.07, 6.45) is -0.330. The van der Waals surface area contributed by atoms with E-state index in [1.807, 2.05) is 20.8 Å². The van der Waals surface area contributed by atoms with Crippen molar-refractivity contribution in [3.05, 3.63) is 0 Å². The highest BCUT2D eigenvalue weighted by Crippen LogP contribution is 2.18. The lowest BCUT2D eigenvalue weighted by Crippen LogP contribution is -2.36. The first-order valence-corrected chi connectivity index (χ1v) is 7.43. The molecule has 0 rings (SSSR count). The van der Waals surface area contributed by atoms with Crippen LogP contribution in [0.25, 0.3) is 0 Å². The first-order valence-electron chi connectivity index (χ1n) is 5.77. The van der Waals surface area contributed by atoms with E-state index in [4.69, 9.17) is 9.84 Å². The summed E-state index contributed by atoms with van der Waals surface area (Å²) in [6, 6.07) is 0. The van der Waals surface area contributed by atoms with Gasteiger partial charge in [-0.2, -0.15) is 0 Å². The van der Waals surface area contributed by atoms with Gasteiger partial charge < -0.3 is 9.84 Å². The number of carbonyl (C=O) groups is 1. The molecule has 0 aromatic carbocycles. The van der Waals surface area contributed by atoms with Crippen LogP contribution < -0.4 is 4.72 Å². The highest BCUT2D eigenvalue weighted by atomic mass is 32.2. The quantitative estimate of drug-likeness (QED) is 0.687. The van der Waals surface area contributed by atoms with E-state index in [0.717, 1.165) is 0 Å². The van der Waals surface area contributed by atoms with Gasteiger partial charge in [-0.1, -0.05) is 20.8 Å². The first kappa shape index (κ1) is 17.3. The minimum atomic E-state index is -3.38. The Labute approximate surface area is 109 Å². The Hall–Kier alpha value is -0.660. The van der Waals surface area contributed by atoms with Gasteiger partial charge in [-0.15, -0.1) is 0 Å². The van der Waals surface area contributed by atoms with Crippen LogP contribution in [0.5, 0.6) is 0 Å². The molecule has 0 aliphatic carbocycles. The molecule has 18 heavy (non-hydrogen) atoms. The highest BCUT2D eigenvalue weighted by Gasteiger charge is 2.19. The molecule has 1 atom stereocenters. The first-order chi connectivity index (χ1) is 8.06. The Morgan fingerprint density at radius 1 is 1.39 bits per heavy atom. The van der Waals surface area contributed by atoms with Crippen LogP contribution >= 0.6 is 0 Å². The Balaban J connectivity index is 4.20. The minimum absolute atomic E-state index is 0.0186. The van der Waals surface area contributed by atoms with Crippen molar-refractivity contribution in [1.82, 2.24) is 4.72 Å². The standard InChI is InChI=1S/C11H23NO5S/c1-11(2,3)5-6-18(15,16)12-8-9(17-4)7-10(13)14/h9,12H,5-8H2,1-4H3,(H,13,14). The highest BCUT2D eigenvalue weighted by molar-refractivity contribution is 7.89. The van der Waals surface area contributed by atoms with E-state index < -0.39 is 22.1 Å². The molecule has 0 aromatic rings. The van der Waals surface area contributed by atoms with Gasteiger partial charge in [0.25, 0.3) is 0 Å². The van der Waals surface area contributed by atoms with E-state index in [1.165, 1.54) is 7.11 Å². The summed E-state index contributed by atoms with van der Waals surface area (Å²) < 4.78 is 30.6. The van der Waals surface area contributed by atoms with Gasteiger partial charge in [-0.25, -0.2) is 13.1 Å². The van der Waals surface area contributed by atoms with Gasteiger partial charge in [0.2, 0.25) is 10.0 Å². The SMILES string of the molecule is COC(CNS(=O)(=O)CCC(C)(C)C)CC(=O)O. The van der Waals surface area contributed by atoms with Crippen LogP contribution in [0.4, 0.5) is 0 Å². The predicted molar refractivity (Wildman–Crippen MR) is 68.9 cm³/mol. The van der Waals surface area contributed by atoms with Crippen LogP contribution in [0.2, 0.25) is 0 Å². The summed E-state index contributed by atoms with van der Waals surface area (Å²) in [4.78, 5) is 10.5. The van der Waals surface area contributed by atoms with Gasteiger partial charge in [0.05, 0.1) is 18.3 Å². The zero-order chi connectivity index (χ0) is 14.4. The van der Waals surface area contributed by atoms with Crippen molar-refractivity contribution in [2.75, 3.05) is 19.4 Å². The van der Waals surface area contributed by atoms with E-state index in [-0.39, 0.29) is 24.1 Å². The van der Waals surface area contributed by atoms with Gasteiger partial charge in [-0.05, 0) is 11.8 Å². The topological polar surface area (TPSA) is 92.7 Å². The van der Waals surface area contributed by atoms with Crippen molar-refractivity contribution < 1.29 is 23.1 Å². The lowest BCUT2D eigenvalue weighted by Gasteiger charge is -2.19. The van der Waals surface area contributed by atoms with Crippen molar-refractivity contribution in [3.63, 3.8) is 0 Å². The van der Waals surface area contributed by atoms with Crippen LogP contribution in [-0.4, -0.2) is 45.0 Å². The Morgan fingerprint density at radius 2 is 1.94 bits per heavy atom. The summed E-state index contributed by atoms with van der Waals surface area (Å²) in [5.74, 6) is -0.990. The lowest BCUT2D eigenvalue weighted by atomic mass is 9.94. The predicted octanol–water partition coefficient (Wildman–Crippen LogP) is 0.832. The van der Waals surface area contributed by atoms with E-state index in [2.05, 4.69) is 4.72 Å². The number of hydrogen-bond donors (Lipinski definition) is 2. The number of carboxylic acids is 1. The Morgan fingerprint density at radius 3 is 2.33 bits per heavy atom. The number of carboxylic acid groups (broad SMARTS) is 1. The van der Waals surface area contributed by atoms with Crippen molar-refractivity contribution in [1.29, 1.82) is 0 Å². The lowest BCUT2D eigenvalue weighted by molar-refractivity contribution is -0.139. The second-order valence-electron chi connectivity index (χ2n) is 5.43.